The van der Waals surface area contributed by atoms with Crippen molar-refractivity contribution in [2.45, 2.75) is 24.7 Å². The number of anilines is 1. The zero-order valence-electron chi connectivity index (χ0n) is 21.1. The van der Waals surface area contributed by atoms with Crippen LogP contribution in [-0.2, 0) is 21.2 Å². The number of benzene rings is 3. The third kappa shape index (κ3) is 6.93. The molecule has 1 amide bonds. The number of nitrogens with one attached hydrogen (secondary N) is 1. The van der Waals surface area contributed by atoms with E-state index >= 15 is 0 Å². The molecule has 0 heterocycles. The molecule has 38 heavy (non-hydrogen) atoms. The number of halogens is 1. The Morgan fingerprint density at radius 1 is 1.05 bits per heavy atom. The van der Waals surface area contributed by atoms with Gasteiger partial charge in [0.05, 0.1) is 29.7 Å². The van der Waals surface area contributed by atoms with E-state index in [0.29, 0.717) is 24.9 Å². The summed E-state index contributed by atoms with van der Waals surface area (Å²) in [6, 6.07) is 15.5. The second-order valence-corrected chi connectivity index (χ2v) is 10.6. The van der Waals surface area contributed by atoms with Gasteiger partial charge in [-0.05, 0) is 61.7 Å². The highest BCUT2D eigenvalue weighted by atomic mass is 35.5. The second-order valence-electron chi connectivity index (χ2n) is 8.33. The summed E-state index contributed by atoms with van der Waals surface area (Å²) in [4.78, 5) is 23.3. The fourth-order valence-corrected chi connectivity index (χ4v) is 5.34. The molecule has 0 aliphatic heterocycles. The van der Waals surface area contributed by atoms with E-state index in [9.17, 15) is 23.3 Å². The molecule has 0 aliphatic carbocycles. The van der Waals surface area contributed by atoms with Crippen LogP contribution >= 0.6 is 11.6 Å². The van der Waals surface area contributed by atoms with E-state index in [1.54, 1.807) is 7.11 Å². The van der Waals surface area contributed by atoms with E-state index in [-0.39, 0.29) is 27.0 Å². The second kappa shape index (κ2) is 12.6. The highest BCUT2D eigenvalue weighted by Crippen LogP contribution is 2.35. The van der Waals surface area contributed by atoms with Crippen LogP contribution < -0.4 is 19.1 Å². The number of sulfonamides is 1. The van der Waals surface area contributed by atoms with Gasteiger partial charge in [0.2, 0.25) is 5.91 Å². The fraction of sp³-hybridized carbons (Fsp3) is 0.269. The minimum atomic E-state index is -4.43. The maximum Gasteiger partial charge on any atom is 0.273 e. The van der Waals surface area contributed by atoms with E-state index in [0.717, 1.165) is 21.7 Å². The van der Waals surface area contributed by atoms with Crippen LogP contribution in [0.2, 0.25) is 5.02 Å². The molecule has 0 atom stereocenters. The first kappa shape index (κ1) is 28.7. The zero-order chi connectivity index (χ0) is 27.9. The quantitative estimate of drug-likeness (QED) is 0.195. The number of rotatable bonds is 12. The molecule has 0 radical (unpaired) electrons. The molecule has 12 heteroatoms. The van der Waals surface area contributed by atoms with Crippen LogP contribution in [0.25, 0.3) is 0 Å². The molecule has 1 N–H and O–H groups in total. The molecular formula is C26H28ClN3O7S. The average Bonchev–Trinajstić information content (AvgIpc) is 2.90. The first-order chi connectivity index (χ1) is 18.1. The molecule has 10 nitrogen and oxygen atoms in total. The molecule has 0 fully saturated rings. The number of nitrogens with zero attached hydrogens (tertiary/aromatic N) is 2. The number of ether oxygens (including phenoxy) is 2. The van der Waals surface area contributed by atoms with Crippen molar-refractivity contribution < 1.29 is 27.6 Å². The number of aryl methyl sites for hydroxylation is 2. The SMILES string of the molecule is COc1ccc(CCCNC(=O)CN(c2cc(Cl)ccc2OC)S(=O)(=O)c2ccc(C)c([N+](=O)[O-])c2)cc1. The maximum atomic E-state index is 13.7. The summed E-state index contributed by atoms with van der Waals surface area (Å²) >= 11 is 6.14. The van der Waals surface area contributed by atoms with Gasteiger partial charge in [-0.25, -0.2) is 8.42 Å². The van der Waals surface area contributed by atoms with Gasteiger partial charge in [-0.15, -0.1) is 0 Å². The number of methoxy groups -OCH3 is 2. The summed E-state index contributed by atoms with van der Waals surface area (Å²) in [7, 11) is -1.49. The minimum Gasteiger partial charge on any atom is -0.497 e. The number of nitro benzene ring substituents is 1. The standard InChI is InChI=1S/C26H28ClN3O7S/c1-18-6-12-22(16-23(18)30(32)33)38(34,35)29(24-15-20(27)9-13-25(24)37-3)17-26(31)28-14-4-5-19-7-10-21(36-2)11-8-19/h6-13,15-16H,4-5,14,17H2,1-3H3,(H,28,31). The van der Waals surface area contributed by atoms with Crippen molar-refractivity contribution in [3.8, 4) is 11.5 Å². The molecule has 0 aromatic heterocycles. The van der Waals surface area contributed by atoms with Gasteiger partial charge in [-0.2, -0.15) is 0 Å². The van der Waals surface area contributed by atoms with Crippen LogP contribution in [0.5, 0.6) is 11.5 Å². The van der Waals surface area contributed by atoms with Crippen molar-refractivity contribution in [1.82, 2.24) is 5.32 Å². The predicted molar refractivity (Wildman–Crippen MR) is 145 cm³/mol. The summed E-state index contributed by atoms with van der Waals surface area (Å²) < 4.78 is 38.7. The molecule has 0 bridgehead atoms. The van der Waals surface area contributed by atoms with Gasteiger partial charge in [-0.3, -0.25) is 19.2 Å². The summed E-state index contributed by atoms with van der Waals surface area (Å²) in [6.07, 6.45) is 1.32. The van der Waals surface area contributed by atoms with Gasteiger partial charge >= 0.3 is 0 Å². The normalized spacial score (nSPS) is 11.1. The van der Waals surface area contributed by atoms with Gasteiger partial charge in [0, 0.05) is 23.2 Å². The topological polar surface area (TPSA) is 128 Å². The van der Waals surface area contributed by atoms with Gasteiger partial charge in [0.25, 0.3) is 15.7 Å². The maximum absolute atomic E-state index is 13.7. The third-order valence-corrected chi connectivity index (χ3v) is 7.78. The van der Waals surface area contributed by atoms with Crippen molar-refractivity contribution in [3.63, 3.8) is 0 Å². The third-order valence-electron chi connectivity index (χ3n) is 5.79. The van der Waals surface area contributed by atoms with Crippen molar-refractivity contribution in [2.75, 3.05) is 31.6 Å². The van der Waals surface area contributed by atoms with Gasteiger partial charge in [0.15, 0.2) is 0 Å². The van der Waals surface area contributed by atoms with Crippen molar-refractivity contribution in [3.05, 3.63) is 86.9 Å². The van der Waals surface area contributed by atoms with Crippen LogP contribution in [0.15, 0.2) is 65.6 Å². The number of nitro groups is 1. The lowest BCUT2D eigenvalue weighted by molar-refractivity contribution is -0.385. The fourth-order valence-electron chi connectivity index (χ4n) is 3.73. The van der Waals surface area contributed by atoms with E-state index in [4.69, 9.17) is 21.1 Å². The number of hydrogen-bond acceptors (Lipinski definition) is 7. The zero-order valence-corrected chi connectivity index (χ0v) is 22.7. The van der Waals surface area contributed by atoms with Crippen LogP contribution in [-0.4, -0.2) is 46.6 Å². The lowest BCUT2D eigenvalue weighted by atomic mass is 10.1. The van der Waals surface area contributed by atoms with E-state index in [1.165, 1.54) is 44.4 Å². The molecule has 0 unspecified atom stereocenters. The van der Waals surface area contributed by atoms with E-state index < -0.39 is 27.4 Å². The Bertz CT molecular complexity index is 1410. The largest absolute Gasteiger partial charge is 0.497 e. The lowest BCUT2D eigenvalue weighted by Gasteiger charge is -2.26. The van der Waals surface area contributed by atoms with Crippen LogP contribution in [0.4, 0.5) is 11.4 Å². The number of amides is 1. The highest BCUT2D eigenvalue weighted by Gasteiger charge is 2.31. The van der Waals surface area contributed by atoms with Crippen molar-refractivity contribution in [1.29, 1.82) is 0 Å². The predicted octanol–water partition coefficient (Wildman–Crippen LogP) is 4.52. The lowest BCUT2D eigenvalue weighted by Crippen LogP contribution is -2.41. The van der Waals surface area contributed by atoms with Gasteiger partial charge < -0.3 is 14.8 Å². The molecule has 0 saturated carbocycles. The summed E-state index contributed by atoms with van der Waals surface area (Å²) in [5, 5.41) is 14.4. The van der Waals surface area contributed by atoms with E-state index in [1.807, 2.05) is 24.3 Å². The van der Waals surface area contributed by atoms with E-state index in [2.05, 4.69) is 5.32 Å². The van der Waals surface area contributed by atoms with Crippen LogP contribution in [0.3, 0.4) is 0 Å². The Kier molecular flexibility index (Phi) is 9.54. The number of carbonyl (C=O) groups is 1. The summed E-state index contributed by atoms with van der Waals surface area (Å²) in [5.74, 6) is 0.345. The first-order valence-corrected chi connectivity index (χ1v) is 13.4. The summed E-state index contributed by atoms with van der Waals surface area (Å²) in [5.41, 5.74) is 1.04. The molecule has 3 aromatic carbocycles. The Balaban J connectivity index is 1.84. The monoisotopic (exact) mass is 561 g/mol. The Morgan fingerprint density at radius 3 is 2.39 bits per heavy atom. The number of hydrogen-bond donors (Lipinski definition) is 1. The molecule has 202 valence electrons. The molecule has 0 saturated heterocycles. The first-order valence-electron chi connectivity index (χ1n) is 11.6. The number of carbonyl (C=O) groups excluding carboxylic acids is 1. The highest BCUT2D eigenvalue weighted by molar-refractivity contribution is 7.92. The molecule has 0 spiro atoms. The molecule has 3 rings (SSSR count). The van der Waals surface area contributed by atoms with Gasteiger partial charge in [0.1, 0.15) is 18.0 Å². The molecule has 3 aromatic rings. The summed E-state index contributed by atoms with van der Waals surface area (Å²) in [6.45, 7) is 1.22. The minimum absolute atomic E-state index is 0.0246. The van der Waals surface area contributed by atoms with Crippen molar-refractivity contribution in [2.24, 2.45) is 0 Å². The Morgan fingerprint density at radius 2 is 1.76 bits per heavy atom. The van der Waals surface area contributed by atoms with Gasteiger partial charge in [-0.1, -0.05) is 29.8 Å². The Hall–Kier alpha value is -3.83. The van der Waals surface area contributed by atoms with Crippen molar-refractivity contribution >= 4 is 38.9 Å². The van der Waals surface area contributed by atoms with Crippen LogP contribution in [0, 0.1) is 17.0 Å². The molecule has 0 aliphatic rings. The Labute approximate surface area is 226 Å². The average molecular weight is 562 g/mol. The molecular weight excluding hydrogens is 534 g/mol. The smallest absolute Gasteiger partial charge is 0.273 e. The van der Waals surface area contributed by atoms with Crippen LogP contribution in [0.1, 0.15) is 17.5 Å².